The van der Waals surface area contributed by atoms with E-state index in [0.29, 0.717) is 18.6 Å². The molecule has 26 heavy (non-hydrogen) atoms. The Morgan fingerprint density at radius 3 is 2.46 bits per heavy atom. The number of hydrogen-bond acceptors (Lipinski definition) is 3. The molecule has 0 aliphatic carbocycles. The lowest BCUT2D eigenvalue weighted by Crippen LogP contribution is -2.14. The van der Waals surface area contributed by atoms with Gasteiger partial charge in [-0.05, 0) is 36.8 Å². The second-order valence-corrected chi connectivity index (χ2v) is 5.91. The molecule has 0 saturated heterocycles. The molecule has 0 amide bonds. The van der Waals surface area contributed by atoms with Crippen LogP contribution in [-0.2, 0) is 11.0 Å². The third kappa shape index (κ3) is 5.95. The molecular formula is C19H19ClF3NO2. The average molecular weight is 386 g/mol. The van der Waals surface area contributed by atoms with Crippen molar-refractivity contribution in [2.45, 2.75) is 25.9 Å². The van der Waals surface area contributed by atoms with Crippen LogP contribution >= 0.6 is 11.6 Å². The van der Waals surface area contributed by atoms with Crippen molar-refractivity contribution < 1.29 is 22.7 Å². The van der Waals surface area contributed by atoms with Crippen LogP contribution in [0.25, 0.3) is 0 Å². The van der Waals surface area contributed by atoms with E-state index in [1.165, 1.54) is 12.1 Å². The van der Waals surface area contributed by atoms with Gasteiger partial charge in [0, 0.05) is 10.6 Å². The van der Waals surface area contributed by atoms with E-state index in [9.17, 15) is 13.2 Å². The van der Waals surface area contributed by atoms with Crippen molar-refractivity contribution in [3.05, 3.63) is 64.7 Å². The molecule has 0 fully saturated rings. The molecule has 0 unspecified atom stereocenters. The second-order valence-electron chi connectivity index (χ2n) is 5.47. The lowest BCUT2D eigenvalue weighted by atomic mass is 9.99. The average Bonchev–Trinajstić information content (AvgIpc) is 2.60. The van der Waals surface area contributed by atoms with Crippen molar-refractivity contribution in [3.8, 4) is 5.75 Å². The number of hydrogen-bond donors (Lipinski definition) is 0. The molecule has 3 nitrogen and oxygen atoms in total. The molecule has 0 heterocycles. The first-order valence-electron chi connectivity index (χ1n) is 8.15. The van der Waals surface area contributed by atoms with E-state index >= 15 is 0 Å². The normalized spacial score (nSPS) is 12.1. The molecule has 2 aromatic rings. The molecule has 2 aromatic carbocycles. The van der Waals surface area contributed by atoms with E-state index in [-0.39, 0.29) is 29.5 Å². The first-order chi connectivity index (χ1) is 12.4. The fourth-order valence-electron chi connectivity index (χ4n) is 2.31. The molecule has 0 bridgehead atoms. The first-order valence-corrected chi connectivity index (χ1v) is 8.53. The number of nitrogens with zero attached hydrogens (tertiary/aromatic N) is 1. The largest absolute Gasteiger partial charge is 0.490 e. The monoisotopic (exact) mass is 385 g/mol. The molecule has 0 saturated carbocycles. The Morgan fingerprint density at radius 1 is 1.08 bits per heavy atom. The van der Waals surface area contributed by atoms with Crippen LogP contribution in [0, 0.1) is 0 Å². The smallest absolute Gasteiger partial charge is 0.417 e. The van der Waals surface area contributed by atoms with Gasteiger partial charge in [-0.15, -0.1) is 0 Å². The van der Waals surface area contributed by atoms with Crippen LogP contribution in [0.3, 0.4) is 0 Å². The van der Waals surface area contributed by atoms with E-state index in [4.69, 9.17) is 21.2 Å². The molecule has 0 aliphatic rings. The van der Waals surface area contributed by atoms with Crippen LogP contribution < -0.4 is 4.74 Å². The molecule has 0 spiro atoms. The Labute approximate surface area is 155 Å². The van der Waals surface area contributed by atoms with Gasteiger partial charge in [-0.3, -0.25) is 0 Å². The predicted octanol–water partition coefficient (Wildman–Crippen LogP) is 5.96. The minimum Gasteiger partial charge on any atom is -0.490 e. The number of rotatable bonds is 8. The summed E-state index contributed by atoms with van der Waals surface area (Å²) in [6.07, 6.45) is -3.54. The fourth-order valence-corrected chi connectivity index (χ4v) is 2.48. The van der Waals surface area contributed by atoms with Crippen LogP contribution in [0.1, 0.15) is 30.9 Å². The van der Waals surface area contributed by atoms with Crippen molar-refractivity contribution >= 4 is 17.3 Å². The number of benzene rings is 2. The Balaban J connectivity index is 2.08. The van der Waals surface area contributed by atoms with Gasteiger partial charge in [0.25, 0.3) is 0 Å². The topological polar surface area (TPSA) is 30.8 Å². The maximum absolute atomic E-state index is 13.3. The van der Waals surface area contributed by atoms with E-state index in [0.717, 1.165) is 6.07 Å². The maximum atomic E-state index is 13.3. The Hall–Kier alpha value is -2.21. The van der Waals surface area contributed by atoms with Gasteiger partial charge in [0.2, 0.25) is 0 Å². The quantitative estimate of drug-likeness (QED) is 0.319. The Bertz CT molecular complexity index is 733. The minimum absolute atomic E-state index is 0.0594. The van der Waals surface area contributed by atoms with Crippen LogP contribution in [0.5, 0.6) is 5.75 Å². The third-order valence-corrected chi connectivity index (χ3v) is 3.68. The number of halogens is 4. The summed E-state index contributed by atoms with van der Waals surface area (Å²) in [5, 5.41) is 4.12. The van der Waals surface area contributed by atoms with Crippen molar-refractivity contribution in [3.63, 3.8) is 0 Å². The van der Waals surface area contributed by atoms with Gasteiger partial charge in [-0.1, -0.05) is 48.3 Å². The zero-order valence-electron chi connectivity index (χ0n) is 14.2. The minimum atomic E-state index is -4.50. The van der Waals surface area contributed by atoms with E-state index in [1.54, 1.807) is 12.1 Å². The van der Waals surface area contributed by atoms with Gasteiger partial charge in [-0.25, -0.2) is 0 Å². The van der Waals surface area contributed by atoms with Crippen LogP contribution in [0.4, 0.5) is 13.2 Å². The lowest BCUT2D eigenvalue weighted by Gasteiger charge is -2.14. The maximum Gasteiger partial charge on any atom is 0.417 e. The SMILES string of the molecule is CCCC(=NOCCOc1ccccc1)c1cc(Cl)ccc1C(F)(F)F. The summed E-state index contributed by atoms with van der Waals surface area (Å²) in [6.45, 7) is 2.20. The van der Waals surface area contributed by atoms with Gasteiger partial charge in [0.05, 0.1) is 11.3 Å². The standard InChI is InChI=1S/C19H19ClF3NO2/c1-2-6-18(16-13-14(20)9-10-17(16)19(21,22)23)24-26-12-11-25-15-7-4-3-5-8-15/h3-5,7-10,13H,2,6,11-12H2,1H3. The summed E-state index contributed by atoms with van der Waals surface area (Å²) in [6, 6.07) is 12.6. The van der Waals surface area contributed by atoms with Gasteiger partial charge in [0.1, 0.15) is 12.4 Å². The molecule has 0 aliphatic heterocycles. The van der Waals surface area contributed by atoms with Crippen molar-refractivity contribution in [2.24, 2.45) is 5.16 Å². The van der Waals surface area contributed by atoms with Crippen LogP contribution in [0.2, 0.25) is 5.02 Å². The number of para-hydroxylation sites is 1. The molecule has 140 valence electrons. The zero-order chi connectivity index (χ0) is 19.0. The predicted molar refractivity (Wildman–Crippen MR) is 95.8 cm³/mol. The van der Waals surface area contributed by atoms with Crippen molar-refractivity contribution in [2.75, 3.05) is 13.2 Å². The number of ether oxygens (including phenoxy) is 1. The third-order valence-electron chi connectivity index (χ3n) is 3.45. The van der Waals surface area contributed by atoms with E-state index in [2.05, 4.69) is 5.16 Å². The summed E-state index contributed by atoms with van der Waals surface area (Å²) >= 11 is 5.88. The zero-order valence-corrected chi connectivity index (χ0v) is 15.0. The van der Waals surface area contributed by atoms with Crippen LogP contribution in [-0.4, -0.2) is 18.9 Å². The van der Waals surface area contributed by atoms with Gasteiger partial charge in [0.15, 0.2) is 6.61 Å². The van der Waals surface area contributed by atoms with Gasteiger partial charge >= 0.3 is 6.18 Å². The van der Waals surface area contributed by atoms with Crippen molar-refractivity contribution in [1.82, 2.24) is 0 Å². The summed E-state index contributed by atoms with van der Waals surface area (Å²) < 4.78 is 45.2. The Kier molecular flexibility index (Phi) is 7.33. The molecule has 0 radical (unpaired) electrons. The van der Waals surface area contributed by atoms with Gasteiger partial charge in [-0.2, -0.15) is 13.2 Å². The van der Waals surface area contributed by atoms with E-state index in [1.807, 2.05) is 25.1 Å². The second kappa shape index (κ2) is 9.48. The summed E-state index contributed by atoms with van der Waals surface area (Å²) in [4.78, 5) is 5.18. The van der Waals surface area contributed by atoms with Crippen LogP contribution in [0.15, 0.2) is 53.7 Å². The molecule has 2 rings (SSSR count). The van der Waals surface area contributed by atoms with Crippen molar-refractivity contribution in [1.29, 1.82) is 0 Å². The molecule has 0 aromatic heterocycles. The molecule has 0 N–H and O–H groups in total. The summed E-state index contributed by atoms with van der Waals surface area (Å²) in [5.74, 6) is 0.683. The molecule has 7 heteroatoms. The highest BCUT2D eigenvalue weighted by atomic mass is 35.5. The number of alkyl halides is 3. The summed E-state index contributed by atoms with van der Waals surface area (Å²) in [5.41, 5.74) is -0.629. The van der Waals surface area contributed by atoms with Gasteiger partial charge < -0.3 is 9.57 Å². The first kappa shape index (κ1) is 20.1. The molecular weight excluding hydrogens is 367 g/mol. The Morgan fingerprint density at radius 2 is 1.81 bits per heavy atom. The number of oxime groups is 1. The fraction of sp³-hybridized carbons (Fsp3) is 0.316. The molecule has 0 atom stereocenters. The highest BCUT2D eigenvalue weighted by Crippen LogP contribution is 2.34. The highest BCUT2D eigenvalue weighted by Gasteiger charge is 2.34. The lowest BCUT2D eigenvalue weighted by molar-refractivity contribution is -0.137. The van der Waals surface area contributed by atoms with E-state index < -0.39 is 11.7 Å². The highest BCUT2D eigenvalue weighted by molar-refractivity contribution is 6.31. The summed E-state index contributed by atoms with van der Waals surface area (Å²) in [7, 11) is 0.